The van der Waals surface area contributed by atoms with E-state index in [1.54, 1.807) is 24.3 Å². The molecule has 100 valence electrons. The number of benzene rings is 2. The van der Waals surface area contributed by atoms with Crippen molar-refractivity contribution < 1.29 is 8.42 Å². The molecule has 3 nitrogen and oxygen atoms in total. The van der Waals surface area contributed by atoms with Gasteiger partial charge in [-0.05, 0) is 55.0 Å². The van der Waals surface area contributed by atoms with Crippen molar-refractivity contribution in [2.45, 2.75) is 11.8 Å². The number of sulfonamides is 1. The summed E-state index contributed by atoms with van der Waals surface area (Å²) >= 11 is 9.08. The highest BCUT2D eigenvalue weighted by molar-refractivity contribution is 9.10. The molecule has 0 saturated heterocycles. The normalized spacial score (nSPS) is 11.3. The summed E-state index contributed by atoms with van der Waals surface area (Å²) in [6.07, 6.45) is 0. The monoisotopic (exact) mass is 359 g/mol. The first-order valence-corrected chi connectivity index (χ1v) is 8.08. The summed E-state index contributed by atoms with van der Waals surface area (Å²) in [5.41, 5.74) is 1.39. The highest BCUT2D eigenvalue weighted by Crippen LogP contribution is 2.23. The molecular formula is C13H11BrClNO2S. The molecule has 0 aliphatic carbocycles. The van der Waals surface area contributed by atoms with Gasteiger partial charge in [-0.1, -0.05) is 27.5 Å². The molecule has 0 atom stereocenters. The van der Waals surface area contributed by atoms with E-state index in [0.717, 1.165) is 10.0 Å². The van der Waals surface area contributed by atoms with Crippen LogP contribution in [0.25, 0.3) is 0 Å². The first kappa shape index (κ1) is 14.4. The Hall–Kier alpha value is -1.04. The summed E-state index contributed by atoms with van der Waals surface area (Å²) < 4.78 is 27.8. The lowest BCUT2D eigenvalue weighted by atomic mass is 10.2. The van der Waals surface area contributed by atoms with E-state index in [0.29, 0.717) is 10.7 Å². The predicted octanol–water partition coefficient (Wildman–Crippen LogP) is 4.21. The Morgan fingerprint density at radius 1 is 1.11 bits per heavy atom. The molecule has 6 heteroatoms. The van der Waals surface area contributed by atoms with E-state index < -0.39 is 10.0 Å². The van der Waals surface area contributed by atoms with E-state index in [-0.39, 0.29) is 4.90 Å². The van der Waals surface area contributed by atoms with Gasteiger partial charge in [0.05, 0.1) is 10.6 Å². The molecule has 0 heterocycles. The van der Waals surface area contributed by atoms with Crippen LogP contribution in [0.1, 0.15) is 5.56 Å². The number of rotatable bonds is 3. The number of hydrogen-bond donors (Lipinski definition) is 1. The SMILES string of the molecule is Cc1cc(Br)ccc1NS(=O)(=O)c1ccc(Cl)cc1. The zero-order valence-electron chi connectivity index (χ0n) is 10.0. The maximum Gasteiger partial charge on any atom is 0.261 e. The molecule has 0 aliphatic rings. The van der Waals surface area contributed by atoms with Crippen molar-refractivity contribution in [2.75, 3.05) is 4.72 Å². The largest absolute Gasteiger partial charge is 0.279 e. The fourth-order valence-corrected chi connectivity index (χ4v) is 3.29. The molecule has 0 aromatic heterocycles. The minimum absolute atomic E-state index is 0.180. The molecule has 0 unspecified atom stereocenters. The zero-order chi connectivity index (χ0) is 14.0. The van der Waals surface area contributed by atoms with Crippen molar-refractivity contribution in [3.05, 3.63) is 57.5 Å². The molecule has 1 N–H and O–H groups in total. The molecule has 2 aromatic rings. The van der Waals surface area contributed by atoms with Crippen molar-refractivity contribution in [3.8, 4) is 0 Å². The van der Waals surface area contributed by atoms with Gasteiger partial charge in [-0.25, -0.2) is 8.42 Å². The van der Waals surface area contributed by atoms with Gasteiger partial charge in [-0.2, -0.15) is 0 Å². The lowest BCUT2D eigenvalue weighted by molar-refractivity contribution is 0.601. The van der Waals surface area contributed by atoms with Crippen LogP contribution in [-0.4, -0.2) is 8.42 Å². The second-order valence-electron chi connectivity index (χ2n) is 4.02. The van der Waals surface area contributed by atoms with E-state index in [1.807, 2.05) is 13.0 Å². The quantitative estimate of drug-likeness (QED) is 0.891. The van der Waals surface area contributed by atoms with Gasteiger partial charge in [0.1, 0.15) is 0 Å². The molecule has 0 fully saturated rings. The Morgan fingerprint density at radius 2 is 1.74 bits per heavy atom. The molecule has 2 aromatic carbocycles. The van der Waals surface area contributed by atoms with Gasteiger partial charge in [0.25, 0.3) is 10.0 Å². The van der Waals surface area contributed by atoms with E-state index in [2.05, 4.69) is 20.7 Å². The first-order valence-electron chi connectivity index (χ1n) is 5.43. The summed E-state index contributed by atoms with van der Waals surface area (Å²) in [7, 11) is -3.59. The lowest BCUT2D eigenvalue weighted by Crippen LogP contribution is -2.13. The Kier molecular flexibility index (Phi) is 4.18. The molecular weight excluding hydrogens is 350 g/mol. The van der Waals surface area contributed by atoms with Crippen molar-refractivity contribution in [1.29, 1.82) is 0 Å². The van der Waals surface area contributed by atoms with Crippen molar-refractivity contribution in [1.82, 2.24) is 0 Å². The van der Waals surface area contributed by atoms with Crippen LogP contribution in [0, 0.1) is 6.92 Å². The van der Waals surface area contributed by atoms with Crippen molar-refractivity contribution in [2.24, 2.45) is 0 Å². The number of hydrogen-bond acceptors (Lipinski definition) is 2. The van der Waals surface area contributed by atoms with Crippen LogP contribution in [0.2, 0.25) is 5.02 Å². The van der Waals surface area contributed by atoms with Gasteiger partial charge >= 0.3 is 0 Å². The van der Waals surface area contributed by atoms with Crippen LogP contribution >= 0.6 is 27.5 Å². The number of aryl methyl sites for hydroxylation is 1. The summed E-state index contributed by atoms with van der Waals surface area (Å²) in [5, 5.41) is 0.499. The fourth-order valence-electron chi connectivity index (χ4n) is 1.56. The van der Waals surface area contributed by atoms with Crippen LogP contribution in [0.3, 0.4) is 0 Å². The summed E-state index contributed by atoms with van der Waals surface area (Å²) in [6.45, 7) is 1.84. The molecule has 0 saturated carbocycles. The lowest BCUT2D eigenvalue weighted by Gasteiger charge is -2.10. The molecule has 0 spiro atoms. The predicted molar refractivity (Wildman–Crippen MR) is 81.1 cm³/mol. The molecule has 0 amide bonds. The van der Waals surface area contributed by atoms with Gasteiger partial charge in [-0.3, -0.25) is 4.72 Å². The minimum Gasteiger partial charge on any atom is -0.279 e. The summed E-state index contributed by atoms with van der Waals surface area (Å²) in [5.74, 6) is 0. The first-order chi connectivity index (χ1) is 8.88. The number of nitrogens with one attached hydrogen (secondary N) is 1. The summed E-state index contributed by atoms with van der Waals surface area (Å²) in [6, 6.07) is 11.4. The molecule has 0 bridgehead atoms. The van der Waals surface area contributed by atoms with Crippen LogP contribution < -0.4 is 4.72 Å². The average molecular weight is 361 g/mol. The molecule has 0 aliphatic heterocycles. The standard InChI is InChI=1S/C13H11BrClNO2S/c1-9-8-10(14)2-7-13(9)16-19(17,18)12-5-3-11(15)4-6-12/h2-8,16H,1H3. The van der Waals surface area contributed by atoms with E-state index in [4.69, 9.17) is 11.6 Å². The highest BCUT2D eigenvalue weighted by atomic mass is 79.9. The topological polar surface area (TPSA) is 46.2 Å². The van der Waals surface area contributed by atoms with Crippen molar-refractivity contribution in [3.63, 3.8) is 0 Å². The van der Waals surface area contributed by atoms with Gasteiger partial charge in [0.2, 0.25) is 0 Å². The van der Waals surface area contributed by atoms with Crippen molar-refractivity contribution >= 4 is 43.2 Å². The van der Waals surface area contributed by atoms with Crippen LogP contribution in [0.5, 0.6) is 0 Å². The van der Waals surface area contributed by atoms with E-state index in [9.17, 15) is 8.42 Å². The third-order valence-corrected chi connectivity index (χ3v) is 4.68. The molecule has 19 heavy (non-hydrogen) atoms. The fraction of sp³-hybridized carbons (Fsp3) is 0.0769. The maximum atomic E-state index is 12.2. The Labute approximate surface area is 125 Å². The zero-order valence-corrected chi connectivity index (χ0v) is 13.2. The third kappa shape index (κ3) is 3.49. The van der Waals surface area contributed by atoms with E-state index in [1.165, 1.54) is 12.1 Å². The highest BCUT2D eigenvalue weighted by Gasteiger charge is 2.14. The van der Waals surface area contributed by atoms with Crippen LogP contribution in [0.4, 0.5) is 5.69 Å². The van der Waals surface area contributed by atoms with Gasteiger partial charge in [0, 0.05) is 9.50 Å². The third-order valence-electron chi connectivity index (χ3n) is 2.56. The average Bonchev–Trinajstić information content (AvgIpc) is 2.33. The number of anilines is 1. The van der Waals surface area contributed by atoms with Gasteiger partial charge in [0.15, 0.2) is 0 Å². The van der Waals surface area contributed by atoms with Gasteiger partial charge in [-0.15, -0.1) is 0 Å². The molecule has 0 radical (unpaired) electrons. The Bertz CT molecular complexity index is 699. The second kappa shape index (κ2) is 5.53. The maximum absolute atomic E-state index is 12.2. The van der Waals surface area contributed by atoms with Crippen LogP contribution in [0.15, 0.2) is 51.8 Å². The van der Waals surface area contributed by atoms with Crippen LogP contribution in [-0.2, 0) is 10.0 Å². The number of halogens is 2. The Morgan fingerprint density at radius 3 is 2.32 bits per heavy atom. The molecule has 2 rings (SSSR count). The second-order valence-corrected chi connectivity index (χ2v) is 7.05. The van der Waals surface area contributed by atoms with E-state index >= 15 is 0 Å². The van der Waals surface area contributed by atoms with Gasteiger partial charge < -0.3 is 0 Å². The Balaban J connectivity index is 2.33. The summed E-state index contributed by atoms with van der Waals surface area (Å²) in [4.78, 5) is 0.180. The smallest absolute Gasteiger partial charge is 0.261 e. The minimum atomic E-state index is -3.59.